The molecule has 0 amide bonds. The first-order chi connectivity index (χ1) is 14.7. The topological polar surface area (TPSA) is 27.3 Å². The second-order valence-corrected chi connectivity index (χ2v) is 8.93. The second-order valence-electron chi connectivity index (χ2n) is 8.93. The van der Waals surface area contributed by atoms with E-state index in [0.717, 1.165) is 29.9 Å². The molecule has 4 aromatic rings. The Hall–Kier alpha value is -3.20. The van der Waals surface area contributed by atoms with E-state index in [4.69, 9.17) is 9.15 Å². The molecule has 0 spiro atoms. The summed E-state index contributed by atoms with van der Waals surface area (Å²) >= 11 is 0. The number of benzene rings is 2. The van der Waals surface area contributed by atoms with E-state index in [2.05, 4.69) is 79.1 Å². The van der Waals surface area contributed by atoms with E-state index in [1.807, 2.05) is 0 Å². The summed E-state index contributed by atoms with van der Waals surface area (Å²) in [4.78, 5) is 0. The summed E-state index contributed by atoms with van der Waals surface area (Å²) in [5.74, 6) is 2.36. The van der Waals surface area contributed by atoms with E-state index in [1.54, 1.807) is 0 Å². The molecule has 1 aliphatic heterocycles. The minimum atomic E-state index is 0.0605. The van der Waals surface area contributed by atoms with Crippen molar-refractivity contribution < 1.29 is 9.15 Å². The number of hydrogen-bond acceptors (Lipinski definition) is 2. The molecule has 2 aromatic heterocycles. The molecule has 0 fully saturated rings. The van der Waals surface area contributed by atoms with Crippen LogP contribution in [0.25, 0.3) is 34.0 Å². The lowest BCUT2D eigenvalue weighted by Gasteiger charge is -2.25. The molecule has 7 rings (SSSR count). The normalized spacial score (nSPS) is 21.0. The first-order valence-corrected chi connectivity index (χ1v) is 10.9. The second kappa shape index (κ2) is 5.69. The highest BCUT2D eigenvalue weighted by atomic mass is 16.5. The fourth-order valence-corrected chi connectivity index (χ4v) is 5.81. The average molecular weight is 393 g/mol. The maximum absolute atomic E-state index is 6.33. The van der Waals surface area contributed by atoms with Crippen LogP contribution in [0.4, 0.5) is 0 Å². The van der Waals surface area contributed by atoms with Gasteiger partial charge in [0.15, 0.2) is 0 Å². The Morgan fingerprint density at radius 1 is 1.00 bits per heavy atom. The molecule has 2 aromatic carbocycles. The zero-order valence-corrected chi connectivity index (χ0v) is 17.2. The van der Waals surface area contributed by atoms with Crippen LogP contribution in [-0.2, 0) is 6.42 Å². The van der Waals surface area contributed by atoms with Gasteiger partial charge in [0.1, 0.15) is 23.2 Å². The highest BCUT2D eigenvalue weighted by molar-refractivity contribution is 6.14. The van der Waals surface area contributed by atoms with Crippen molar-refractivity contribution in [1.82, 2.24) is 4.57 Å². The fraction of sp³-hybridized carbons (Fsp3) is 0.259. The zero-order valence-electron chi connectivity index (χ0n) is 17.2. The Morgan fingerprint density at radius 3 is 2.80 bits per heavy atom. The van der Waals surface area contributed by atoms with Crippen LogP contribution >= 0.6 is 0 Å². The minimum Gasteiger partial charge on any atom is -0.485 e. The Balaban J connectivity index is 1.64. The first-order valence-electron chi connectivity index (χ1n) is 10.9. The van der Waals surface area contributed by atoms with Gasteiger partial charge in [0.25, 0.3) is 0 Å². The Kier molecular flexibility index (Phi) is 3.15. The van der Waals surface area contributed by atoms with E-state index < -0.39 is 0 Å². The molecule has 2 unspecified atom stereocenters. The SMILES string of the molecule is CC(C)n1c2c(c3c4c5c(oc4ccc31)CCC=C5)C=CC1Oc3ccccc3C21. The van der Waals surface area contributed by atoms with Crippen molar-refractivity contribution >= 4 is 34.0 Å². The number of hydrogen-bond donors (Lipinski definition) is 0. The smallest absolute Gasteiger partial charge is 0.135 e. The third-order valence-corrected chi connectivity index (χ3v) is 6.94. The van der Waals surface area contributed by atoms with Gasteiger partial charge in [0.05, 0.1) is 11.4 Å². The maximum atomic E-state index is 6.33. The average Bonchev–Trinajstić information content (AvgIpc) is 3.41. The molecule has 0 saturated heterocycles. The molecule has 2 aliphatic carbocycles. The van der Waals surface area contributed by atoms with Gasteiger partial charge in [-0.2, -0.15) is 0 Å². The number of nitrogens with zero attached hydrogens (tertiary/aromatic N) is 1. The van der Waals surface area contributed by atoms with Crippen LogP contribution in [0.5, 0.6) is 5.75 Å². The van der Waals surface area contributed by atoms with Crippen LogP contribution < -0.4 is 4.74 Å². The molecular weight excluding hydrogens is 370 g/mol. The molecule has 3 nitrogen and oxygen atoms in total. The quantitative estimate of drug-likeness (QED) is 0.354. The van der Waals surface area contributed by atoms with Gasteiger partial charge in [-0.15, -0.1) is 0 Å². The molecular formula is C27H23NO2. The minimum absolute atomic E-state index is 0.0605. The third-order valence-electron chi connectivity index (χ3n) is 6.94. The van der Waals surface area contributed by atoms with Crippen LogP contribution in [0, 0.1) is 0 Å². The van der Waals surface area contributed by atoms with Crippen molar-refractivity contribution in [3.63, 3.8) is 0 Å². The Labute approximate surface area is 175 Å². The molecule has 2 atom stereocenters. The van der Waals surface area contributed by atoms with E-state index in [9.17, 15) is 0 Å². The molecule has 3 aliphatic rings. The van der Waals surface area contributed by atoms with Gasteiger partial charge in [-0.25, -0.2) is 0 Å². The summed E-state index contributed by atoms with van der Waals surface area (Å²) in [6.07, 6.45) is 11.2. The summed E-state index contributed by atoms with van der Waals surface area (Å²) < 4.78 is 15.2. The van der Waals surface area contributed by atoms with Gasteiger partial charge in [-0.1, -0.05) is 36.4 Å². The number of fused-ring (bicyclic) bond motifs is 11. The molecule has 0 radical (unpaired) electrons. The predicted molar refractivity (Wildman–Crippen MR) is 121 cm³/mol. The van der Waals surface area contributed by atoms with Crippen molar-refractivity contribution in [2.45, 2.75) is 44.8 Å². The number of aryl methyl sites for hydroxylation is 1. The lowest BCUT2D eigenvalue weighted by molar-refractivity contribution is 0.263. The molecule has 148 valence electrons. The zero-order chi connectivity index (χ0) is 20.0. The standard InChI is InChI=1S/C27H23NO2/c1-15(2)28-19-12-14-22-25(16-7-3-5-9-20(16)29-22)24(19)18-11-13-23-26(27(18)28)17-8-4-6-10-21(17)30-23/h3-4,6-8,10-15,23,26H,5,9H2,1-2H3. The Morgan fingerprint density at radius 2 is 1.90 bits per heavy atom. The van der Waals surface area contributed by atoms with E-state index in [-0.39, 0.29) is 12.0 Å². The summed E-state index contributed by atoms with van der Waals surface area (Å²) in [6, 6.07) is 13.3. The number of ether oxygens (including phenoxy) is 1. The summed E-state index contributed by atoms with van der Waals surface area (Å²) in [7, 11) is 0. The van der Waals surface area contributed by atoms with Crippen LogP contribution in [0.3, 0.4) is 0 Å². The van der Waals surface area contributed by atoms with Crippen molar-refractivity contribution in [1.29, 1.82) is 0 Å². The molecule has 3 heteroatoms. The van der Waals surface area contributed by atoms with Crippen LogP contribution in [-0.4, -0.2) is 10.7 Å². The maximum Gasteiger partial charge on any atom is 0.135 e. The number of furan rings is 1. The van der Waals surface area contributed by atoms with Gasteiger partial charge >= 0.3 is 0 Å². The summed E-state index contributed by atoms with van der Waals surface area (Å²) in [5, 5.41) is 2.59. The van der Waals surface area contributed by atoms with Gasteiger partial charge < -0.3 is 13.7 Å². The lowest BCUT2D eigenvalue weighted by Crippen LogP contribution is -2.23. The molecule has 0 N–H and O–H groups in total. The Bertz CT molecular complexity index is 1410. The molecule has 0 bridgehead atoms. The van der Waals surface area contributed by atoms with Gasteiger partial charge in [-0.05, 0) is 44.5 Å². The van der Waals surface area contributed by atoms with E-state index in [1.165, 1.54) is 38.7 Å². The van der Waals surface area contributed by atoms with Crippen LogP contribution in [0.2, 0.25) is 0 Å². The largest absolute Gasteiger partial charge is 0.485 e. The van der Waals surface area contributed by atoms with Crippen LogP contribution in [0.15, 0.2) is 53.0 Å². The monoisotopic (exact) mass is 393 g/mol. The van der Waals surface area contributed by atoms with Gasteiger partial charge in [0.2, 0.25) is 0 Å². The van der Waals surface area contributed by atoms with Crippen molar-refractivity contribution in [3.8, 4) is 5.75 Å². The van der Waals surface area contributed by atoms with E-state index >= 15 is 0 Å². The number of allylic oxidation sites excluding steroid dienone is 1. The number of rotatable bonds is 1. The predicted octanol–water partition coefficient (Wildman–Crippen LogP) is 6.85. The number of para-hydroxylation sites is 1. The van der Waals surface area contributed by atoms with Crippen molar-refractivity contribution in [2.75, 3.05) is 0 Å². The highest BCUT2D eigenvalue weighted by Crippen LogP contribution is 2.51. The first kappa shape index (κ1) is 16.6. The molecule has 0 saturated carbocycles. The van der Waals surface area contributed by atoms with Crippen molar-refractivity contribution in [3.05, 3.63) is 76.7 Å². The van der Waals surface area contributed by atoms with Crippen molar-refractivity contribution in [2.24, 2.45) is 0 Å². The lowest BCUT2D eigenvalue weighted by atomic mass is 9.85. The fourth-order valence-electron chi connectivity index (χ4n) is 5.81. The summed E-state index contributed by atoms with van der Waals surface area (Å²) in [6.45, 7) is 4.56. The van der Waals surface area contributed by atoms with Crippen LogP contribution in [0.1, 0.15) is 60.4 Å². The highest BCUT2D eigenvalue weighted by Gasteiger charge is 2.41. The summed E-state index contributed by atoms with van der Waals surface area (Å²) in [5.41, 5.74) is 7.56. The molecule has 30 heavy (non-hydrogen) atoms. The van der Waals surface area contributed by atoms with Gasteiger partial charge in [0, 0.05) is 45.6 Å². The van der Waals surface area contributed by atoms with Gasteiger partial charge in [-0.3, -0.25) is 0 Å². The molecule has 3 heterocycles. The third kappa shape index (κ3) is 1.95. The number of aromatic nitrogens is 1. The van der Waals surface area contributed by atoms with E-state index in [0.29, 0.717) is 6.04 Å².